The molecule has 1 aliphatic heterocycles. The second-order valence-electron chi connectivity index (χ2n) is 4.12. The van der Waals surface area contributed by atoms with Gasteiger partial charge in [0.25, 0.3) is 0 Å². The highest BCUT2D eigenvalue weighted by atomic mass is 16.5. The minimum Gasteiger partial charge on any atom is -0.496 e. The number of ether oxygens (including phenoxy) is 1. The number of rotatable bonds is 2. The van der Waals surface area contributed by atoms with E-state index in [0.29, 0.717) is 12.6 Å². The van der Waals surface area contributed by atoms with E-state index in [1.54, 1.807) is 7.11 Å². The van der Waals surface area contributed by atoms with Crippen molar-refractivity contribution >= 4 is 0 Å². The fourth-order valence-corrected chi connectivity index (χ4v) is 2.11. The number of methoxy groups -OCH3 is 1. The van der Waals surface area contributed by atoms with Crippen LogP contribution in [0.5, 0.6) is 5.75 Å². The first-order valence-corrected chi connectivity index (χ1v) is 5.36. The average Bonchev–Trinajstić information content (AvgIpc) is 2.27. The Kier molecular flexibility index (Phi) is 2.93. The van der Waals surface area contributed by atoms with Gasteiger partial charge in [-0.25, -0.2) is 0 Å². The first kappa shape index (κ1) is 10.5. The third kappa shape index (κ3) is 1.98. The van der Waals surface area contributed by atoms with Gasteiger partial charge in [0, 0.05) is 24.7 Å². The number of hydrogen-bond donors (Lipinski definition) is 2. The van der Waals surface area contributed by atoms with Crippen LogP contribution in [0.25, 0.3) is 0 Å². The van der Waals surface area contributed by atoms with Gasteiger partial charge in [0.05, 0.1) is 7.11 Å². The molecule has 2 rings (SSSR count). The predicted octanol–water partition coefficient (Wildman–Crippen LogP) is 1.19. The molecule has 15 heavy (non-hydrogen) atoms. The third-order valence-corrected chi connectivity index (χ3v) is 2.99. The van der Waals surface area contributed by atoms with Gasteiger partial charge in [-0.15, -0.1) is 0 Å². The molecule has 0 saturated carbocycles. The molecule has 1 aliphatic rings. The van der Waals surface area contributed by atoms with Crippen molar-refractivity contribution in [1.29, 1.82) is 0 Å². The molecular weight excluding hydrogens is 188 g/mol. The molecule has 3 N–H and O–H groups in total. The maximum absolute atomic E-state index is 5.70. The van der Waals surface area contributed by atoms with E-state index in [1.807, 2.05) is 0 Å². The lowest BCUT2D eigenvalue weighted by Crippen LogP contribution is -2.32. The summed E-state index contributed by atoms with van der Waals surface area (Å²) in [6.45, 7) is 3.67. The van der Waals surface area contributed by atoms with Crippen LogP contribution < -0.4 is 15.8 Å². The zero-order chi connectivity index (χ0) is 10.8. The molecule has 1 heterocycles. The number of hydrogen-bond acceptors (Lipinski definition) is 3. The van der Waals surface area contributed by atoms with Gasteiger partial charge in [-0.1, -0.05) is 6.07 Å². The fourth-order valence-electron chi connectivity index (χ4n) is 2.11. The molecule has 0 spiro atoms. The summed E-state index contributed by atoms with van der Waals surface area (Å²) in [5, 5.41) is 3.44. The van der Waals surface area contributed by atoms with Crippen molar-refractivity contribution in [3.8, 4) is 5.75 Å². The van der Waals surface area contributed by atoms with Crippen molar-refractivity contribution < 1.29 is 4.74 Å². The molecule has 0 amide bonds. The van der Waals surface area contributed by atoms with Crippen LogP contribution in [0.2, 0.25) is 0 Å². The van der Waals surface area contributed by atoms with Crippen LogP contribution in [0, 0.1) is 0 Å². The van der Waals surface area contributed by atoms with E-state index >= 15 is 0 Å². The van der Waals surface area contributed by atoms with Crippen molar-refractivity contribution in [3.63, 3.8) is 0 Å². The summed E-state index contributed by atoms with van der Waals surface area (Å²) in [6.07, 6.45) is 1.08. The van der Waals surface area contributed by atoms with Crippen LogP contribution in [0.1, 0.15) is 23.6 Å². The molecule has 0 saturated heterocycles. The van der Waals surface area contributed by atoms with Gasteiger partial charge in [-0.05, 0) is 30.5 Å². The van der Waals surface area contributed by atoms with E-state index < -0.39 is 0 Å². The topological polar surface area (TPSA) is 47.3 Å². The molecule has 1 aromatic carbocycles. The summed E-state index contributed by atoms with van der Waals surface area (Å²) < 4.78 is 5.32. The monoisotopic (exact) mass is 206 g/mol. The van der Waals surface area contributed by atoms with Crippen LogP contribution in [-0.4, -0.2) is 13.2 Å². The van der Waals surface area contributed by atoms with E-state index in [4.69, 9.17) is 10.5 Å². The quantitative estimate of drug-likeness (QED) is 0.764. The Morgan fingerprint density at radius 3 is 2.93 bits per heavy atom. The molecule has 0 fully saturated rings. The van der Waals surface area contributed by atoms with Crippen LogP contribution >= 0.6 is 0 Å². The van der Waals surface area contributed by atoms with Gasteiger partial charge in [0.15, 0.2) is 0 Å². The summed E-state index contributed by atoms with van der Waals surface area (Å²) in [4.78, 5) is 0. The van der Waals surface area contributed by atoms with Crippen molar-refractivity contribution in [2.24, 2.45) is 5.73 Å². The maximum atomic E-state index is 5.70. The van der Waals surface area contributed by atoms with Crippen molar-refractivity contribution in [1.82, 2.24) is 5.32 Å². The summed E-state index contributed by atoms with van der Waals surface area (Å²) in [6, 6.07) is 4.85. The SMILES string of the molecule is COc1cc2c(cc1CN)CC(C)NC2. The minimum atomic E-state index is 0.540. The van der Waals surface area contributed by atoms with Gasteiger partial charge >= 0.3 is 0 Å². The van der Waals surface area contributed by atoms with Gasteiger partial charge in [0.1, 0.15) is 5.75 Å². The van der Waals surface area contributed by atoms with E-state index in [0.717, 1.165) is 24.3 Å². The van der Waals surface area contributed by atoms with Gasteiger partial charge < -0.3 is 15.8 Å². The number of benzene rings is 1. The summed E-state index contributed by atoms with van der Waals surface area (Å²) in [5.74, 6) is 0.910. The van der Waals surface area contributed by atoms with E-state index in [-0.39, 0.29) is 0 Å². The number of fused-ring (bicyclic) bond motifs is 1. The van der Waals surface area contributed by atoms with Crippen LogP contribution in [0.4, 0.5) is 0 Å². The minimum absolute atomic E-state index is 0.540. The average molecular weight is 206 g/mol. The molecule has 0 aromatic heterocycles. The smallest absolute Gasteiger partial charge is 0.123 e. The Hall–Kier alpha value is -1.06. The van der Waals surface area contributed by atoms with E-state index in [2.05, 4.69) is 24.4 Å². The molecular formula is C12H18N2O. The normalized spacial score (nSPS) is 19.8. The van der Waals surface area contributed by atoms with E-state index in [9.17, 15) is 0 Å². The molecule has 1 atom stereocenters. The summed E-state index contributed by atoms with van der Waals surface area (Å²) >= 11 is 0. The van der Waals surface area contributed by atoms with Crippen molar-refractivity contribution in [2.75, 3.05) is 7.11 Å². The third-order valence-electron chi connectivity index (χ3n) is 2.99. The lowest BCUT2D eigenvalue weighted by atomic mass is 9.94. The van der Waals surface area contributed by atoms with Crippen LogP contribution in [0.15, 0.2) is 12.1 Å². The molecule has 3 heteroatoms. The summed E-state index contributed by atoms with van der Waals surface area (Å²) in [5.41, 5.74) is 9.54. The lowest BCUT2D eigenvalue weighted by Gasteiger charge is -2.24. The van der Waals surface area contributed by atoms with Crippen LogP contribution in [0.3, 0.4) is 0 Å². The molecule has 0 bridgehead atoms. The van der Waals surface area contributed by atoms with E-state index in [1.165, 1.54) is 11.1 Å². The predicted molar refractivity (Wildman–Crippen MR) is 60.9 cm³/mol. The van der Waals surface area contributed by atoms with Gasteiger partial charge in [-0.3, -0.25) is 0 Å². The second kappa shape index (κ2) is 4.21. The maximum Gasteiger partial charge on any atom is 0.123 e. The zero-order valence-electron chi connectivity index (χ0n) is 9.34. The number of nitrogens with one attached hydrogen (secondary N) is 1. The highest BCUT2D eigenvalue weighted by molar-refractivity contribution is 5.44. The highest BCUT2D eigenvalue weighted by Gasteiger charge is 2.16. The molecule has 82 valence electrons. The molecule has 0 aliphatic carbocycles. The largest absolute Gasteiger partial charge is 0.496 e. The molecule has 3 nitrogen and oxygen atoms in total. The Morgan fingerprint density at radius 1 is 1.47 bits per heavy atom. The van der Waals surface area contributed by atoms with Gasteiger partial charge in [0.2, 0.25) is 0 Å². The zero-order valence-corrected chi connectivity index (χ0v) is 9.34. The Labute approximate surface area is 90.6 Å². The number of nitrogens with two attached hydrogens (primary N) is 1. The molecule has 1 unspecified atom stereocenters. The Balaban J connectivity index is 2.41. The first-order valence-electron chi connectivity index (χ1n) is 5.36. The van der Waals surface area contributed by atoms with Crippen molar-refractivity contribution in [3.05, 3.63) is 28.8 Å². The second-order valence-corrected chi connectivity index (χ2v) is 4.12. The van der Waals surface area contributed by atoms with Gasteiger partial charge in [-0.2, -0.15) is 0 Å². The fraction of sp³-hybridized carbons (Fsp3) is 0.500. The van der Waals surface area contributed by atoms with Crippen molar-refractivity contribution in [2.45, 2.75) is 32.5 Å². The van der Waals surface area contributed by atoms with Crippen LogP contribution in [-0.2, 0) is 19.5 Å². The Bertz CT molecular complexity index is 363. The molecule has 0 radical (unpaired) electrons. The molecule has 1 aromatic rings. The Morgan fingerprint density at radius 2 is 2.27 bits per heavy atom. The first-order chi connectivity index (χ1) is 7.24. The highest BCUT2D eigenvalue weighted by Crippen LogP contribution is 2.26. The standard InChI is InChI=1S/C12H18N2O/c1-8-3-9-4-10(6-13)12(15-2)5-11(9)7-14-8/h4-5,8,14H,3,6-7,13H2,1-2H3. The lowest BCUT2D eigenvalue weighted by molar-refractivity contribution is 0.407. The summed E-state index contributed by atoms with van der Waals surface area (Å²) in [7, 11) is 1.69.